The van der Waals surface area contributed by atoms with E-state index in [0.29, 0.717) is 18.7 Å². The lowest BCUT2D eigenvalue weighted by atomic mass is 10.1. The summed E-state index contributed by atoms with van der Waals surface area (Å²) in [5.74, 6) is -0.411. The zero-order chi connectivity index (χ0) is 15.7. The van der Waals surface area contributed by atoms with Gasteiger partial charge in [-0.1, -0.05) is 0 Å². The van der Waals surface area contributed by atoms with E-state index in [1.54, 1.807) is 7.05 Å². The maximum absolute atomic E-state index is 13.6. The van der Waals surface area contributed by atoms with Gasteiger partial charge in [0, 0.05) is 25.2 Å². The molecule has 0 atom stereocenters. The van der Waals surface area contributed by atoms with Crippen LogP contribution in [0.2, 0.25) is 0 Å². The van der Waals surface area contributed by atoms with Crippen LogP contribution in [0.1, 0.15) is 19.4 Å². The molecule has 21 heavy (non-hydrogen) atoms. The van der Waals surface area contributed by atoms with Crippen LogP contribution in [0.3, 0.4) is 0 Å². The highest BCUT2D eigenvalue weighted by Crippen LogP contribution is 2.24. The number of ether oxygens (including phenoxy) is 1. The molecule has 1 heterocycles. The quantitative estimate of drug-likeness (QED) is 0.911. The Bertz CT molecular complexity index is 617. The fraction of sp³-hybridized carbons (Fsp3) is 0.571. The Labute approximate surface area is 125 Å². The standard InChI is InChI=1S/C14H21FN2O3S/c1-14(2)10-17(6-7-20-14)21(18,19)12-4-5-13(15)11(8-12)9-16-3/h4-5,8,16H,6-7,9-10H2,1-3H3. The molecule has 1 aliphatic heterocycles. The van der Waals surface area contributed by atoms with Crippen molar-refractivity contribution in [2.75, 3.05) is 26.7 Å². The predicted octanol–water partition coefficient (Wildman–Crippen LogP) is 1.34. The topological polar surface area (TPSA) is 58.6 Å². The molecule has 0 bridgehead atoms. The third kappa shape index (κ3) is 3.60. The van der Waals surface area contributed by atoms with Crippen molar-refractivity contribution in [1.29, 1.82) is 0 Å². The molecule has 0 aliphatic carbocycles. The van der Waals surface area contributed by atoms with E-state index in [1.165, 1.54) is 22.5 Å². The summed E-state index contributed by atoms with van der Waals surface area (Å²) in [5, 5.41) is 2.83. The first kappa shape index (κ1) is 16.4. The smallest absolute Gasteiger partial charge is 0.243 e. The minimum Gasteiger partial charge on any atom is -0.373 e. The number of nitrogens with one attached hydrogen (secondary N) is 1. The molecule has 0 amide bonds. The Morgan fingerprint density at radius 1 is 1.43 bits per heavy atom. The summed E-state index contributed by atoms with van der Waals surface area (Å²) >= 11 is 0. The first-order valence-electron chi connectivity index (χ1n) is 6.83. The Hall–Kier alpha value is -1.02. The Kier molecular flexibility index (Phi) is 4.67. The summed E-state index contributed by atoms with van der Waals surface area (Å²) in [6.45, 7) is 4.94. The Morgan fingerprint density at radius 2 is 2.14 bits per heavy atom. The zero-order valence-corrected chi connectivity index (χ0v) is 13.3. The second-order valence-corrected chi connectivity index (χ2v) is 7.67. The number of rotatable bonds is 4. The molecule has 0 saturated carbocycles. The van der Waals surface area contributed by atoms with Crippen molar-refractivity contribution >= 4 is 10.0 Å². The number of morpholine rings is 1. The van der Waals surface area contributed by atoms with Crippen LogP contribution in [0.25, 0.3) is 0 Å². The number of hydrogen-bond acceptors (Lipinski definition) is 4. The van der Waals surface area contributed by atoms with Gasteiger partial charge in [0.25, 0.3) is 0 Å². The lowest BCUT2D eigenvalue weighted by Crippen LogP contribution is -2.50. The Morgan fingerprint density at radius 3 is 2.76 bits per heavy atom. The number of sulfonamides is 1. The molecule has 2 rings (SSSR count). The molecule has 0 radical (unpaired) electrons. The molecule has 1 N–H and O–H groups in total. The average Bonchev–Trinajstić information content (AvgIpc) is 2.40. The molecule has 1 aliphatic rings. The normalized spacial score (nSPS) is 19.6. The van der Waals surface area contributed by atoms with Gasteiger partial charge in [0.1, 0.15) is 5.82 Å². The van der Waals surface area contributed by atoms with Gasteiger partial charge in [-0.25, -0.2) is 12.8 Å². The van der Waals surface area contributed by atoms with Crippen LogP contribution >= 0.6 is 0 Å². The molecule has 0 aromatic heterocycles. The summed E-state index contributed by atoms with van der Waals surface area (Å²) in [4.78, 5) is 0.117. The molecular formula is C14H21FN2O3S. The van der Waals surface area contributed by atoms with Crippen molar-refractivity contribution in [3.8, 4) is 0 Å². The summed E-state index contributed by atoms with van der Waals surface area (Å²) in [7, 11) is -1.95. The zero-order valence-electron chi connectivity index (χ0n) is 12.5. The van der Waals surface area contributed by atoms with Crippen LogP contribution in [-0.4, -0.2) is 45.1 Å². The van der Waals surface area contributed by atoms with E-state index in [1.807, 2.05) is 13.8 Å². The van der Waals surface area contributed by atoms with Gasteiger partial charge in [-0.15, -0.1) is 0 Å². The van der Waals surface area contributed by atoms with Crippen molar-refractivity contribution in [1.82, 2.24) is 9.62 Å². The van der Waals surface area contributed by atoms with Crippen LogP contribution in [0.5, 0.6) is 0 Å². The Balaban J connectivity index is 2.33. The SMILES string of the molecule is CNCc1cc(S(=O)(=O)N2CCOC(C)(C)C2)ccc1F. The molecule has 1 aromatic rings. The van der Waals surface area contributed by atoms with Crippen molar-refractivity contribution in [3.63, 3.8) is 0 Å². The number of hydrogen-bond donors (Lipinski definition) is 1. The van der Waals surface area contributed by atoms with Gasteiger partial charge < -0.3 is 10.1 Å². The van der Waals surface area contributed by atoms with Gasteiger partial charge in [0.05, 0.1) is 17.1 Å². The molecule has 0 spiro atoms. The summed E-state index contributed by atoms with van der Waals surface area (Å²) in [6, 6.07) is 3.90. The van der Waals surface area contributed by atoms with E-state index in [4.69, 9.17) is 4.74 Å². The highest BCUT2D eigenvalue weighted by Gasteiger charge is 2.35. The predicted molar refractivity (Wildman–Crippen MR) is 78.0 cm³/mol. The highest BCUT2D eigenvalue weighted by molar-refractivity contribution is 7.89. The molecule has 118 valence electrons. The second kappa shape index (κ2) is 6.00. The largest absolute Gasteiger partial charge is 0.373 e. The molecule has 0 unspecified atom stereocenters. The summed E-state index contributed by atoms with van der Waals surface area (Å²) < 4.78 is 45.9. The van der Waals surface area contributed by atoms with Crippen LogP contribution in [-0.2, 0) is 21.3 Å². The van der Waals surface area contributed by atoms with E-state index >= 15 is 0 Å². The van der Waals surface area contributed by atoms with Gasteiger partial charge in [0.15, 0.2) is 0 Å². The summed E-state index contributed by atoms with van der Waals surface area (Å²) in [6.07, 6.45) is 0. The minimum absolute atomic E-state index is 0.117. The number of halogens is 1. The van der Waals surface area contributed by atoms with Crippen molar-refractivity contribution in [3.05, 3.63) is 29.6 Å². The summed E-state index contributed by atoms with van der Waals surface area (Å²) in [5.41, 5.74) is -0.176. The van der Waals surface area contributed by atoms with Crippen LogP contribution < -0.4 is 5.32 Å². The van der Waals surface area contributed by atoms with Crippen molar-refractivity contribution < 1.29 is 17.5 Å². The maximum atomic E-state index is 13.6. The number of benzene rings is 1. The molecular weight excluding hydrogens is 295 g/mol. The average molecular weight is 316 g/mol. The molecule has 1 saturated heterocycles. The number of nitrogens with zero attached hydrogens (tertiary/aromatic N) is 1. The van der Waals surface area contributed by atoms with E-state index in [9.17, 15) is 12.8 Å². The lowest BCUT2D eigenvalue weighted by molar-refractivity contribution is -0.0640. The van der Waals surface area contributed by atoms with Crippen LogP contribution in [0, 0.1) is 5.82 Å². The molecule has 1 fully saturated rings. The maximum Gasteiger partial charge on any atom is 0.243 e. The van der Waals surface area contributed by atoms with E-state index in [0.717, 1.165) is 0 Å². The van der Waals surface area contributed by atoms with Gasteiger partial charge in [0.2, 0.25) is 10.0 Å². The molecule has 1 aromatic carbocycles. The minimum atomic E-state index is -3.63. The highest BCUT2D eigenvalue weighted by atomic mass is 32.2. The third-order valence-electron chi connectivity index (χ3n) is 3.41. The monoisotopic (exact) mass is 316 g/mol. The first-order valence-corrected chi connectivity index (χ1v) is 8.27. The van der Waals surface area contributed by atoms with Crippen molar-refractivity contribution in [2.24, 2.45) is 0 Å². The van der Waals surface area contributed by atoms with E-state index in [-0.39, 0.29) is 18.0 Å². The van der Waals surface area contributed by atoms with E-state index in [2.05, 4.69) is 5.32 Å². The third-order valence-corrected chi connectivity index (χ3v) is 5.25. The van der Waals surface area contributed by atoms with Gasteiger partial charge >= 0.3 is 0 Å². The fourth-order valence-corrected chi connectivity index (χ4v) is 3.99. The molecule has 7 heteroatoms. The lowest BCUT2D eigenvalue weighted by Gasteiger charge is -2.37. The fourth-order valence-electron chi connectivity index (χ4n) is 2.36. The molecule has 5 nitrogen and oxygen atoms in total. The van der Waals surface area contributed by atoms with Crippen molar-refractivity contribution in [2.45, 2.75) is 30.9 Å². The van der Waals surface area contributed by atoms with Gasteiger partial charge in [-0.2, -0.15) is 4.31 Å². The van der Waals surface area contributed by atoms with Gasteiger partial charge in [-0.05, 0) is 39.1 Å². The van der Waals surface area contributed by atoms with E-state index < -0.39 is 21.4 Å². The first-order chi connectivity index (χ1) is 9.76. The second-order valence-electron chi connectivity index (χ2n) is 5.73. The van der Waals surface area contributed by atoms with Gasteiger partial charge in [-0.3, -0.25) is 0 Å². The van der Waals surface area contributed by atoms with Crippen LogP contribution in [0.15, 0.2) is 23.1 Å². The van der Waals surface area contributed by atoms with Crippen LogP contribution in [0.4, 0.5) is 4.39 Å².